The van der Waals surface area contributed by atoms with Crippen molar-refractivity contribution in [3.8, 4) is 11.5 Å². The third kappa shape index (κ3) is 5.28. The predicted molar refractivity (Wildman–Crippen MR) is 132 cm³/mol. The molecule has 3 heterocycles. The van der Waals surface area contributed by atoms with Crippen LogP contribution in [0, 0.1) is 0 Å². The summed E-state index contributed by atoms with van der Waals surface area (Å²) in [5.41, 5.74) is 0.798. The maximum Gasteiger partial charge on any atom is 0.281 e. The molecule has 3 N–H and O–H groups in total. The molecule has 1 aliphatic heterocycles. The number of ether oxygens (including phenoxy) is 1. The van der Waals surface area contributed by atoms with E-state index < -0.39 is 12.0 Å². The lowest BCUT2D eigenvalue weighted by molar-refractivity contribution is 0.0439. The number of aliphatic hydroxyl groups excluding tert-OH is 1. The van der Waals surface area contributed by atoms with Crippen LogP contribution in [0.15, 0.2) is 41.7 Å². The second-order valence-corrected chi connectivity index (χ2v) is 9.16. The van der Waals surface area contributed by atoms with Crippen molar-refractivity contribution in [2.45, 2.75) is 52.4 Å². The highest BCUT2D eigenvalue weighted by molar-refractivity contribution is 5.96. The minimum absolute atomic E-state index is 0.0175. The van der Waals surface area contributed by atoms with Crippen LogP contribution in [0.3, 0.4) is 0 Å². The Morgan fingerprint density at radius 2 is 2.03 bits per heavy atom. The molecule has 0 unspecified atom stereocenters. The van der Waals surface area contributed by atoms with Crippen molar-refractivity contribution in [1.82, 2.24) is 19.4 Å². The number of carbonyl (C=O) groups excluding carboxylic acids is 1. The van der Waals surface area contributed by atoms with Gasteiger partial charge in [-0.1, -0.05) is 0 Å². The number of phenols is 1. The van der Waals surface area contributed by atoms with Gasteiger partial charge in [-0.3, -0.25) is 19.2 Å². The fourth-order valence-corrected chi connectivity index (χ4v) is 4.31. The molecule has 10 heteroatoms. The zero-order valence-corrected chi connectivity index (χ0v) is 20.5. The third-order valence-corrected chi connectivity index (χ3v) is 6.01. The summed E-state index contributed by atoms with van der Waals surface area (Å²) in [5.74, 6) is 0.291. The van der Waals surface area contributed by atoms with E-state index in [9.17, 15) is 15.0 Å². The SMILES string of the molecule is CC(C)N(C[C@H](O)COc1ccc2c3n(c(=NC(=O)c4cccnc4)nc2c1O)CCN3)C(C)C. The number of amides is 1. The third-order valence-electron chi connectivity index (χ3n) is 6.01. The summed E-state index contributed by atoms with van der Waals surface area (Å²) in [5, 5.41) is 25.5. The fraction of sp³-hybridized carbons (Fsp3) is 0.440. The van der Waals surface area contributed by atoms with Crippen LogP contribution >= 0.6 is 0 Å². The number of fused-ring (bicyclic) bond motifs is 3. The van der Waals surface area contributed by atoms with Gasteiger partial charge in [-0.25, -0.2) is 4.98 Å². The number of aliphatic hydroxyl groups is 1. The molecule has 1 aliphatic rings. The van der Waals surface area contributed by atoms with E-state index in [1.54, 1.807) is 30.5 Å². The lowest BCUT2D eigenvalue weighted by Crippen LogP contribution is -2.43. The Balaban J connectivity index is 1.64. The Morgan fingerprint density at radius 1 is 1.26 bits per heavy atom. The molecule has 0 bridgehead atoms. The molecule has 0 spiro atoms. The summed E-state index contributed by atoms with van der Waals surface area (Å²) in [6.07, 6.45) is 2.30. The lowest BCUT2D eigenvalue weighted by Gasteiger charge is -2.32. The highest BCUT2D eigenvalue weighted by atomic mass is 16.5. The number of aromatic nitrogens is 3. The number of hydrogen-bond acceptors (Lipinski definition) is 8. The molecule has 10 nitrogen and oxygen atoms in total. The molecular formula is C25H32N6O4. The normalized spacial score (nSPS) is 14.6. The van der Waals surface area contributed by atoms with Crippen molar-refractivity contribution in [3.63, 3.8) is 0 Å². The largest absolute Gasteiger partial charge is 0.503 e. The number of anilines is 1. The maximum absolute atomic E-state index is 12.7. The number of rotatable bonds is 8. The molecule has 1 aromatic carbocycles. The molecule has 2 aromatic heterocycles. The van der Waals surface area contributed by atoms with E-state index in [-0.39, 0.29) is 41.3 Å². The lowest BCUT2D eigenvalue weighted by atomic mass is 10.2. The van der Waals surface area contributed by atoms with Gasteiger partial charge in [0, 0.05) is 49.5 Å². The summed E-state index contributed by atoms with van der Waals surface area (Å²) in [4.78, 5) is 27.5. The number of benzene rings is 1. The van der Waals surface area contributed by atoms with Crippen LogP contribution in [0.1, 0.15) is 38.1 Å². The van der Waals surface area contributed by atoms with Gasteiger partial charge in [-0.15, -0.1) is 0 Å². The van der Waals surface area contributed by atoms with Gasteiger partial charge >= 0.3 is 0 Å². The van der Waals surface area contributed by atoms with Gasteiger partial charge < -0.3 is 20.3 Å². The van der Waals surface area contributed by atoms with E-state index in [1.165, 1.54) is 6.20 Å². The van der Waals surface area contributed by atoms with Crippen LogP contribution in [0.25, 0.3) is 10.9 Å². The number of nitrogens with zero attached hydrogens (tertiary/aromatic N) is 5. The predicted octanol–water partition coefficient (Wildman–Crippen LogP) is 2.16. The van der Waals surface area contributed by atoms with Crippen molar-refractivity contribution in [2.75, 3.05) is 25.0 Å². The van der Waals surface area contributed by atoms with Crippen molar-refractivity contribution < 1.29 is 19.7 Å². The summed E-state index contributed by atoms with van der Waals surface area (Å²) >= 11 is 0. The Labute approximate surface area is 203 Å². The molecule has 0 fully saturated rings. The van der Waals surface area contributed by atoms with Gasteiger partial charge in [-0.05, 0) is 52.0 Å². The van der Waals surface area contributed by atoms with Crippen LogP contribution in [0.5, 0.6) is 11.5 Å². The van der Waals surface area contributed by atoms with Crippen molar-refractivity contribution >= 4 is 22.6 Å². The molecule has 4 rings (SSSR count). The van der Waals surface area contributed by atoms with Crippen molar-refractivity contribution in [1.29, 1.82) is 0 Å². The van der Waals surface area contributed by atoms with E-state index in [4.69, 9.17) is 4.74 Å². The first-order chi connectivity index (χ1) is 16.8. The molecule has 186 valence electrons. The van der Waals surface area contributed by atoms with Crippen LogP contribution < -0.4 is 15.7 Å². The Hall–Kier alpha value is -3.50. The first kappa shape index (κ1) is 24.6. The highest BCUT2D eigenvalue weighted by Crippen LogP contribution is 2.36. The standard InChI is InChI=1S/C25H32N6O4/c1-15(2)31(16(3)4)13-18(32)14-35-20-8-7-19-21(22(20)33)28-25(30-11-10-27-23(19)30)29-24(34)17-6-5-9-26-12-17/h5-9,12,15-16,18,27,32-33H,10-11,13-14H2,1-4H3/t18-/m0/s1. The Kier molecular flexibility index (Phi) is 7.32. The zero-order chi connectivity index (χ0) is 25.1. The van der Waals surface area contributed by atoms with E-state index in [2.05, 4.69) is 52.9 Å². The van der Waals surface area contributed by atoms with Crippen molar-refractivity contribution in [2.24, 2.45) is 4.99 Å². The van der Waals surface area contributed by atoms with Crippen LogP contribution in [0.2, 0.25) is 0 Å². The second kappa shape index (κ2) is 10.4. The smallest absolute Gasteiger partial charge is 0.281 e. The van der Waals surface area contributed by atoms with Crippen LogP contribution in [0.4, 0.5) is 5.82 Å². The second-order valence-electron chi connectivity index (χ2n) is 9.16. The number of aromatic hydroxyl groups is 1. The van der Waals surface area contributed by atoms with Crippen LogP contribution in [-0.4, -0.2) is 73.4 Å². The monoisotopic (exact) mass is 480 g/mol. The van der Waals surface area contributed by atoms with E-state index >= 15 is 0 Å². The number of carbonyl (C=O) groups is 1. The Morgan fingerprint density at radius 3 is 2.71 bits per heavy atom. The minimum atomic E-state index is -0.734. The maximum atomic E-state index is 12.7. The molecule has 0 saturated heterocycles. The zero-order valence-electron chi connectivity index (χ0n) is 20.5. The summed E-state index contributed by atoms with van der Waals surface area (Å²) < 4.78 is 7.59. The van der Waals surface area contributed by atoms with Gasteiger partial charge in [0.1, 0.15) is 24.0 Å². The molecule has 1 atom stereocenters. The van der Waals surface area contributed by atoms with E-state index in [0.29, 0.717) is 30.6 Å². The highest BCUT2D eigenvalue weighted by Gasteiger charge is 2.22. The molecule has 0 saturated carbocycles. The van der Waals surface area contributed by atoms with Gasteiger partial charge in [0.2, 0.25) is 5.62 Å². The molecule has 1 amide bonds. The van der Waals surface area contributed by atoms with Gasteiger partial charge in [0.15, 0.2) is 11.5 Å². The number of nitrogens with one attached hydrogen (secondary N) is 1. The van der Waals surface area contributed by atoms with Gasteiger partial charge in [0.05, 0.1) is 5.56 Å². The summed E-state index contributed by atoms with van der Waals surface area (Å²) in [7, 11) is 0. The average molecular weight is 481 g/mol. The molecule has 0 radical (unpaired) electrons. The summed E-state index contributed by atoms with van der Waals surface area (Å²) in [6.45, 7) is 10.0. The topological polar surface area (TPSA) is 125 Å². The number of pyridine rings is 1. The van der Waals surface area contributed by atoms with Gasteiger partial charge in [-0.2, -0.15) is 4.99 Å². The van der Waals surface area contributed by atoms with E-state index in [0.717, 1.165) is 5.82 Å². The number of phenolic OH excluding ortho intramolecular Hbond substituents is 1. The fourth-order valence-electron chi connectivity index (χ4n) is 4.31. The quantitative estimate of drug-likeness (QED) is 0.448. The first-order valence-corrected chi connectivity index (χ1v) is 11.8. The molecule has 0 aliphatic carbocycles. The molecule has 35 heavy (non-hydrogen) atoms. The Bertz CT molecular complexity index is 1260. The van der Waals surface area contributed by atoms with E-state index in [1.807, 2.05) is 4.57 Å². The first-order valence-electron chi connectivity index (χ1n) is 11.8. The average Bonchev–Trinajstić information content (AvgIpc) is 3.33. The van der Waals surface area contributed by atoms with Gasteiger partial charge in [0.25, 0.3) is 5.91 Å². The van der Waals surface area contributed by atoms with Crippen molar-refractivity contribution in [3.05, 3.63) is 47.8 Å². The number of hydrogen-bond donors (Lipinski definition) is 3. The summed E-state index contributed by atoms with van der Waals surface area (Å²) in [6, 6.07) is 7.33. The molecule has 3 aromatic rings. The minimum Gasteiger partial charge on any atom is -0.503 e. The van der Waals surface area contributed by atoms with Crippen LogP contribution in [-0.2, 0) is 6.54 Å². The molecular weight excluding hydrogens is 448 g/mol.